The van der Waals surface area contributed by atoms with Crippen LogP contribution in [0.3, 0.4) is 0 Å². The summed E-state index contributed by atoms with van der Waals surface area (Å²) in [4.78, 5) is 17.0. The van der Waals surface area contributed by atoms with E-state index in [2.05, 4.69) is 4.98 Å². The number of imidazole rings is 1. The lowest BCUT2D eigenvalue weighted by molar-refractivity contribution is 0.0870. The zero-order chi connectivity index (χ0) is 13.2. The maximum Gasteiger partial charge on any atom is 0.232 e. The molecule has 1 saturated carbocycles. The van der Waals surface area contributed by atoms with E-state index < -0.39 is 0 Å². The normalized spacial score (nSPS) is 16.9. The highest BCUT2D eigenvalue weighted by Gasteiger charge is 2.20. The lowest BCUT2D eigenvalue weighted by Gasteiger charge is -2.21. The molecule has 100 valence electrons. The molecule has 0 unspecified atom stereocenters. The lowest BCUT2D eigenvalue weighted by atomic mass is 9.87. The first-order valence-electron chi connectivity index (χ1n) is 7.23. The fraction of sp³-hybridized carbons (Fsp3) is 0.500. The van der Waals surface area contributed by atoms with Crippen LogP contribution in [0, 0.1) is 12.8 Å². The topological polar surface area (TPSA) is 34.9 Å². The van der Waals surface area contributed by atoms with Crippen LogP contribution >= 0.6 is 0 Å². The van der Waals surface area contributed by atoms with Gasteiger partial charge in [-0.3, -0.25) is 9.36 Å². The van der Waals surface area contributed by atoms with Gasteiger partial charge in [0, 0.05) is 6.42 Å². The number of benzene rings is 1. The molecule has 1 aromatic carbocycles. The van der Waals surface area contributed by atoms with Crippen LogP contribution in [0.5, 0.6) is 0 Å². The third kappa shape index (κ3) is 2.42. The molecule has 3 heteroatoms. The SMILES string of the molecule is Cc1nc2ccccc2n1C(=O)CC1CCCCC1. The van der Waals surface area contributed by atoms with E-state index in [0.29, 0.717) is 12.3 Å². The highest BCUT2D eigenvalue weighted by Crippen LogP contribution is 2.27. The van der Waals surface area contributed by atoms with Crippen LogP contribution < -0.4 is 0 Å². The van der Waals surface area contributed by atoms with Crippen molar-refractivity contribution in [3.05, 3.63) is 30.1 Å². The molecule has 0 radical (unpaired) electrons. The van der Waals surface area contributed by atoms with Crippen molar-refractivity contribution < 1.29 is 4.79 Å². The maximum absolute atomic E-state index is 12.5. The first kappa shape index (κ1) is 12.4. The van der Waals surface area contributed by atoms with E-state index in [4.69, 9.17) is 0 Å². The van der Waals surface area contributed by atoms with Gasteiger partial charge in [-0.05, 0) is 37.8 Å². The number of para-hydroxylation sites is 2. The zero-order valence-electron chi connectivity index (χ0n) is 11.4. The molecule has 1 aliphatic rings. The number of hydrogen-bond acceptors (Lipinski definition) is 2. The van der Waals surface area contributed by atoms with Crippen molar-refractivity contribution in [1.29, 1.82) is 0 Å². The average molecular weight is 256 g/mol. The van der Waals surface area contributed by atoms with Gasteiger partial charge in [0.2, 0.25) is 5.91 Å². The van der Waals surface area contributed by atoms with Gasteiger partial charge in [0.05, 0.1) is 11.0 Å². The van der Waals surface area contributed by atoms with Crippen LogP contribution in [-0.2, 0) is 0 Å². The molecule has 0 N–H and O–H groups in total. The second-order valence-corrected chi connectivity index (χ2v) is 5.59. The molecule has 0 atom stereocenters. The first-order valence-corrected chi connectivity index (χ1v) is 7.23. The Hall–Kier alpha value is -1.64. The molecule has 1 aromatic heterocycles. The zero-order valence-corrected chi connectivity index (χ0v) is 11.4. The van der Waals surface area contributed by atoms with Crippen LogP contribution in [0.15, 0.2) is 24.3 Å². The highest BCUT2D eigenvalue weighted by molar-refractivity contribution is 5.91. The number of aromatic nitrogens is 2. The number of nitrogens with zero attached hydrogens (tertiary/aromatic N) is 2. The summed E-state index contributed by atoms with van der Waals surface area (Å²) in [5.41, 5.74) is 1.86. The molecular formula is C16H20N2O. The summed E-state index contributed by atoms with van der Waals surface area (Å²) < 4.78 is 1.80. The quantitative estimate of drug-likeness (QED) is 0.815. The average Bonchev–Trinajstić information content (AvgIpc) is 2.75. The van der Waals surface area contributed by atoms with Crippen LogP contribution in [0.25, 0.3) is 11.0 Å². The third-order valence-electron chi connectivity index (χ3n) is 4.17. The van der Waals surface area contributed by atoms with Gasteiger partial charge in [0.1, 0.15) is 5.82 Å². The molecule has 0 spiro atoms. The standard InChI is InChI=1S/C16H20N2O/c1-12-17-14-9-5-6-10-15(14)18(12)16(19)11-13-7-3-2-4-8-13/h5-6,9-10,13H,2-4,7-8,11H2,1H3. The van der Waals surface area contributed by atoms with E-state index in [0.717, 1.165) is 16.9 Å². The molecule has 0 amide bonds. The van der Waals surface area contributed by atoms with Crippen molar-refractivity contribution in [3.63, 3.8) is 0 Å². The van der Waals surface area contributed by atoms with Crippen molar-refractivity contribution in [2.24, 2.45) is 5.92 Å². The van der Waals surface area contributed by atoms with Gasteiger partial charge in [-0.1, -0.05) is 31.4 Å². The molecular weight excluding hydrogens is 236 g/mol. The Bertz CT molecular complexity index is 594. The predicted molar refractivity (Wildman–Crippen MR) is 76.3 cm³/mol. The van der Waals surface area contributed by atoms with Crippen molar-refractivity contribution in [3.8, 4) is 0 Å². The summed E-state index contributed by atoms with van der Waals surface area (Å²) in [6.45, 7) is 1.92. The fourth-order valence-corrected chi connectivity index (χ4v) is 3.19. The number of fused-ring (bicyclic) bond motifs is 1. The van der Waals surface area contributed by atoms with Crippen LogP contribution in [0.4, 0.5) is 0 Å². The minimum Gasteiger partial charge on any atom is -0.274 e. The largest absolute Gasteiger partial charge is 0.274 e. The van der Waals surface area contributed by atoms with Crippen LogP contribution in [0.1, 0.15) is 49.1 Å². The van der Waals surface area contributed by atoms with Gasteiger partial charge in [-0.2, -0.15) is 0 Å². The Labute approximate surface area is 113 Å². The van der Waals surface area contributed by atoms with Crippen molar-refractivity contribution >= 4 is 16.9 Å². The summed E-state index contributed by atoms with van der Waals surface area (Å²) in [5, 5.41) is 0. The molecule has 0 saturated heterocycles. The van der Waals surface area contributed by atoms with Crippen LogP contribution in [0.2, 0.25) is 0 Å². The Morgan fingerprint density at radius 2 is 2.00 bits per heavy atom. The third-order valence-corrected chi connectivity index (χ3v) is 4.17. The van der Waals surface area contributed by atoms with Crippen LogP contribution in [-0.4, -0.2) is 15.5 Å². The van der Waals surface area contributed by atoms with Crippen molar-refractivity contribution in [2.75, 3.05) is 0 Å². The van der Waals surface area contributed by atoms with Gasteiger partial charge in [-0.25, -0.2) is 4.98 Å². The van der Waals surface area contributed by atoms with E-state index in [1.165, 1.54) is 32.1 Å². The minimum absolute atomic E-state index is 0.207. The van der Waals surface area contributed by atoms with E-state index in [-0.39, 0.29) is 5.91 Å². The van der Waals surface area contributed by atoms with E-state index in [1.807, 2.05) is 31.2 Å². The first-order chi connectivity index (χ1) is 9.25. The molecule has 19 heavy (non-hydrogen) atoms. The Morgan fingerprint density at radius 1 is 1.26 bits per heavy atom. The highest BCUT2D eigenvalue weighted by atomic mass is 16.2. The molecule has 1 fully saturated rings. The Balaban J connectivity index is 1.86. The molecule has 0 aliphatic heterocycles. The second kappa shape index (κ2) is 5.16. The number of rotatable bonds is 2. The molecule has 3 rings (SSSR count). The number of carbonyl (C=O) groups is 1. The molecule has 3 nitrogen and oxygen atoms in total. The van der Waals surface area contributed by atoms with Crippen molar-refractivity contribution in [1.82, 2.24) is 9.55 Å². The van der Waals surface area contributed by atoms with Gasteiger partial charge >= 0.3 is 0 Å². The predicted octanol–water partition coefficient (Wildman–Crippen LogP) is 3.96. The number of aryl methyl sites for hydroxylation is 1. The minimum atomic E-state index is 0.207. The smallest absolute Gasteiger partial charge is 0.232 e. The van der Waals surface area contributed by atoms with Gasteiger partial charge in [0.15, 0.2) is 0 Å². The number of carbonyl (C=O) groups excluding carboxylic acids is 1. The second-order valence-electron chi connectivity index (χ2n) is 5.59. The van der Waals surface area contributed by atoms with Gasteiger partial charge in [0.25, 0.3) is 0 Å². The Kier molecular flexibility index (Phi) is 3.36. The monoisotopic (exact) mass is 256 g/mol. The van der Waals surface area contributed by atoms with E-state index >= 15 is 0 Å². The summed E-state index contributed by atoms with van der Waals surface area (Å²) in [7, 11) is 0. The molecule has 2 aromatic rings. The summed E-state index contributed by atoms with van der Waals surface area (Å²) >= 11 is 0. The van der Waals surface area contributed by atoms with E-state index in [1.54, 1.807) is 4.57 Å². The maximum atomic E-state index is 12.5. The van der Waals surface area contributed by atoms with Gasteiger partial charge in [-0.15, -0.1) is 0 Å². The fourth-order valence-electron chi connectivity index (χ4n) is 3.19. The molecule has 0 bridgehead atoms. The van der Waals surface area contributed by atoms with E-state index in [9.17, 15) is 4.79 Å². The Morgan fingerprint density at radius 3 is 2.79 bits per heavy atom. The molecule has 1 aliphatic carbocycles. The summed E-state index contributed by atoms with van der Waals surface area (Å²) in [6.07, 6.45) is 6.97. The lowest BCUT2D eigenvalue weighted by Crippen LogP contribution is -2.18. The molecule has 1 heterocycles. The summed E-state index contributed by atoms with van der Waals surface area (Å²) in [6, 6.07) is 7.87. The van der Waals surface area contributed by atoms with Gasteiger partial charge < -0.3 is 0 Å². The number of hydrogen-bond donors (Lipinski definition) is 0. The van der Waals surface area contributed by atoms with Crippen molar-refractivity contribution in [2.45, 2.75) is 45.4 Å². The summed E-state index contributed by atoms with van der Waals surface area (Å²) in [5.74, 6) is 1.59.